The fourth-order valence-corrected chi connectivity index (χ4v) is 3.80. The Morgan fingerprint density at radius 3 is 2.52 bits per heavy atom. The molecule has 8 heteroatoms. The zero-order valence-corrected chi connectivity index (χ0v) is 16.3. The summed E-state index contributed by atoms with van der Waals surface area (Å²) in [4.78, 5) is 30.4. The first-order valence-electron chi connectivity index (χ1n) is 8.89. The number of carboxylic acid groups (broad SMARTS) is 1. The normalized spacial score (nSPS) is 11.8. The van der Waals surface area contributed by atoms with Crippen molar-refractivity contribution in [2.24, 2.45) is 5.92 Å². The molecule has 3 aromatic rings. The van der Waals surface area contributed by atoms with Gasteiger partial charge in [0.2, 0.25) is 5.91 Å². The van der Waals surface area contributed by atoms with E-state index in [2.05, 4.69) is 4.98 Å². The van der Waals surface area contributed by atoms with Crippen molar-refractivity contribution in [1.82, 2.24) is 4.98 Å². The predicted molar refractivity (Wildman–Crippen MR) is 107 cm³/mol. The second-order valence-electron chi connectivity index (χ2n) is 6.28. The van der Waals surface area contributed by atoms with Gasteiger partial charge in [0.25, 0.3) is 0 Å². The minimum absolute atomic E-state index is 0.125. The number of anilines is 1. The first-order valence-corrected chi connectivity index (χ1v) is 9.77. The summed E-state index contributed by atoms with van der Waals surface area (Å²) >= 11 is 1.11. The number of carboxylic acids is 1. The van der Waals surface area contributed by atoms with Crippen LogP contribution in [0.15, 0.2) is 53.9 Å². The van der Waals surface area contributed by atoms with Crippen LogP contribution in [-0.2, 0) is 16.0 Å². The summed E-state index contributed by atoms with van der Waals surface area (Å²) in [6.45, 7) is 2.08. The molecule has 1 amide bonds. The van der Waals surface area contributed by atoms with Gasteiger partial charge >= 0.3 is 5.97 Å². The van der Waals surface area contributed by atoms with Gasteiger partial charge in [-0.2, -0.15) is 0 Å². The fourth-order valence-electron chi connectivity index (χ4n) is 2.94. The molecule has 1 atom stereocenters. The monoisotopic (exact) mass is 416 g/mol. The lowest BCUT2D eigenvalue weighted by atomic mass is 10.0. The smallest absolute Gasteiger partial charge is 0.316 e. The molecule has 0 saturated carbocycles. The fraction of sp³-hybridized carbons (Fsp3) is 0.190. The third-order valence-corrected chi connectivity index (χ3v) is 5.30. The van der Waals surface area contributed by atoms with Crippen LogP contribution in [0.4, 0.5) is 14.5 Å². The van der Waals surface area contributed by atoms with Gasteiger partial charge in [-0.25, -0.2) is 13.8 Å². The summed E-state index contributed by atoms with van der Waals surface area (Å²) in [5.74, 6) is -4.58. The van der Waals surface area contributed by atoms with Crippen molar-refractivity contribution in [2.75, 3.05) is 11.4 Å². The Bertz CT molecular complexity index is 1020. The van der Waals surface area contributed by atoms with E-state index in [1.807, 2.05) is 6.07 Å². The number of carbonyl (C=O) groups is 2. The van der Waals surface area contributed by atoms with Crippen molar-refractivity contribution in [3.8, 4) is 10.6 Å². The number of rotatable bonds is 7. The maximum Gasteiger partial charge on any atom is 0.316 e. The molecule has 3 rings (SSSR count). The number of amides is 1. The Kier molecular flexibility index (Phi) is 6.33. The summed E-state index contributed by atoms with van der Waals surface area (Å²) in [5.41, 5.74) is 1.09. The maximum atomic E-state index is 14.0. The maximum absolute atomic E-state index is 14.0. The highest BCUT2D eigenvalue weighted by molar-refractivity contribution is 7.13. The molecule has 0 aliphatic heterocycles. The van der Waals surface area contributed by atoms with Gasteiger partial charge in [0.15, 0.2) is 0 Å². The molecule has 0 fully saturated rings. The molecular weight excluding hydrogens is 398 g/mol. The third kappa shape index (κ3) is 4.65. The standard InChI is InChI=1S/C21H18F2N2O3S/c1-2-25(15-6-4-3-5-7-15)20(26)17(21(27)28)11-14-12-29-19(24-14)16-9-8-13(22)10-18(16)23/h3-10,12,17H,2,11H2,1H3,(H,27,28). The van der Waals surface area contributed by atoms with Crippen molar-refractivity contribution >= 4 is 28.9 Å². The van der Waals surface area contributed by atoms with Gasteiger partial charge in [-0.1, -0.05) is 18.2 Å². The van der Waals surface area contributed by atoms with E-state index in [1.165, 1.54) is 11.0 Å². The summed E-state index contributed by atoms with van der Waals surface area (Å²) < 4.78 is 27.1. The first-order chi connectivity index (χ1) is 13.9. The molecular formula is C21H18F2N2O3S. The van der Waals surface area contributed by atoms with Crippen LogP contribution in [-0.4, -0.2) is 28.5 Å². The van der Waals surface area contributed by atoms with Crippen molar-refractivity contribution < 1.29 is 23.5 Å². The Morgan fingerprint density at radius 2 is 1.90 bits per heavy atom. The number of para-hydroxylation sites is 1. The van der Waals surface area contributed by atoms with Gasteiger partial charge in [0.1, 0.15) is 22.6 Å². The van der Waals surface area contributed by atoms with Crippen molar-refractivity contribution in [3.63, 3.8) is 0 Å². The largest absolute Gasteiger partial charge is 0.481 e. The predicted octanol–water partition coefficient (Wildman–Crippen LogP) is 4.38. The van der Waals surface area contributed by atoms with E-state index in [4.69, 9.17) is 0 Å². The lowest BCUT2D eigenvalue weighted by molar-refractivity contribution is -0.146. The second-order valence-corrected chi connectivity index (χ2v) is 7.14. The van der Waals surface area contributed by atoms with E-state index in [0.29, 0.717) is 22.9 Å². The number of nitrogens with zero attached hydrogens (tertiary/aromatic N) is 2. The van der Waals surface area contributed by atoms with Crippen LogP contribution in [0.2, 0.25) is 0 Å². The Balaban J connectivity index is 1.83. The molecule has 29 heavy (non-hydrogen) atoms. The molecule has 1 unspecified atom stereocenters. The summed E-state index contributed by atoms with van der Waals surface area (Å²) in [5, 5.41) is 11.5. The molecule has 2 aromatic carbocycles. The quantitative estimate of drug-likeness (QED) is 0.580. The van der Waals surface area contributed by atoms with Crippen LogP contribution in [0.3, 0.4) is 0 Å². The lowest BCUT2D eigenvalue weighted by Crippen LogP contribution is -2.40. The third-order valence-electron chi connectivity index (χ3n) is 4.37. The van der Waals surface area contributed by atoms with E-state index in [-0.39, 0.29) is 12.0 Å². The molecule has 1 heterocycles. The van der Waals surface area contributed by atoms with Gasteiger partial charge in [0, 0.05) is 35.7 Å². The highest BCUT2D eigenvalue weighted by Crippen LogP contribution is 2.28. The molecule has 0 saturated heterocycles. The average Bonchev–Trinajstić information content (AvgIpc) is 3.15. The number of halogens is 2. The van der Waals surface area contributed by atoms with E-state index in [9.17, 15) is 23.5 Å². The topological polar surface area (TPSA) is 70.5 Å². The van der Waals surface area contributed by atoms with Crippen LogP contribution in [0.5, 0.6) is 0 Å². The summed E-state index contributed by atoms with van der Waals surface area (Å²) in [6, 6.07) is 12.0. The van der Waals surface area contributed by atoms with Crippen LogP contribution >= 0.6 is 11.3 Å². The Morgan fingerprint density at radius 1 is 1.17 bits per heavy atom. The average molecular weight is 416 g/mol. The molecule has 150 valence electrons. The van der Waals surface area contributed by atoms with E-state index < -0.39 is 29.4 Å². The minimum Gasteiger partial charge on any atom is -0.481 e. The molecule has 0 bridgehead atoms. The van der Waals surface area contributed by atoms with Crippen molar-refractivity contribution in [2.45, 2.75) is 13.3 Å². The van der Waals surface area contributed by atoms with Crippen LogP contribution < -0.4 is 4.90 Å². The van der Waals surface area contributed by atoms with E-state index in [1.54, 1.807) is 36.6 Å². The molecule has 0 spiro atoms. The highest BCUT2D eigenvalue weighted by atomic mass is 32.1. The van der Waals surface area contributed by atoms with E-state index in [0.717, 1.165) is 23.5 Å². The number of carbonyl (C=O) groups excluding carboxylic acids is 1. The zero-order valence-electron chi connectivity index (χ0n) is 15.5. The van der Waals surface area contributed by atoms with Gasteiger partial charge in [-0.15, -0.1) is 11.3 Å². The summed E-state index contributed by atoms with van der Waals surface area (Å²) in [7, 11) is 0. The molecule has 5 nitrogen and oxygen atoms in total. The highest BCUT2D eigenvalue weighted by Gasteiger charge is 2.32. The number of hydrogen-bond acceptors (Lipinski definition) is 4. The minimum atomic E-state index is -1.33. The number of thiazole rings is 1. The second kappa shape index (κ2) is 8.91. The number of aromatic nitrogens is 1. The molecule has 0 aliphatic carbocycles. The SMILES string of the molecule is CCN(C(=O)C(Cc1csc(-c2ccc(F)cc2F)n1)C(=O)O)c1ccccc1. The van der Waals surface area contributed by atoms with Crippen LogP contribution in [0.1, 0.15) is 12.6 Å². The van der Waals surface area contributed by atoms with Gasteiger partial charge in [-0.05, 0) is 31.2 Å². The molecule has 0 radical (unpaired) electrons. The molecule has 1 aromatic heterocycles. The van der Waals surface area contributed by atoms with Crippen LogP contribution in [0, 0.1) is 17.6 Å². The Labute approximate surface area is 170 Å². The number of aliphatic carboxylic acids is 1. The lowest BCUT2D eigenvalue weighted by Gasteiger charge is -2.24. The zero-order chi connectivity index (χ0) is 21.0. The number of hydrogen-bond donors (Lipinski definition) is 1. The molecule has 1 N–H and O–H groups in total. The van der Waals surface area contributed by atoms with Crippen molar-refractivity contribution in [3.05, 3.63) is 71.2 Å². The van der Waals surface area contributed by atoms with E-state index >= 15 is 0 Å². The van der Waals surface area contributed by atoms with Crippen LogP contribution in [0.25, 0.3) is 10.6 Å². The summed E-state index contributed by atoms with van der Waals surface area (Å²) in [6.07, 6.45) is -0.128. The van der Waals surface area contributed by atoms with Gasteiger partial charge in [-0.3, -0.25) is 9.59 Å². The van der Waals surface area contributed by atoms with Crippen molar-refractivity contribution in [1.29, 1.82) is 0 Å². The molecule has 0 aliphatic rings. The van der Waals surface area contributed by atoms with Gasteiger partial charge < -0.3 is 10.0 Å². The number of benzene rings is 2. The first kappa shape index (κ1) is 20.6. The Hall–Kier alpha value is -3.13. The van der Waals surface area contributed by atoms with Gasteiger partial charge in [0.05, 0.1) is 5.69 Å².